The summed E-state index contributed by atoms with van der Waals surface area (Å²) in [6, 6.07) is 14.2. The maximum absolute atomic E-state index is 11.1. The monoisotopic (exact) mass is 464 g/mol. The number of hydrogen-bond donors (Lipinski definition) is 2. The minimum atomic E-state index is -0.477. The summed E-state index contributed by atoms with van der Waals surface area (Å²) in [5, 5.41) is 18.5. The number of nitrogens with zero attached hydrogens (tertiary/aromatic N) is 6. The van der Waals surface area contributed by atoms with E-state index in [4.69, 9.17) is 9.47 Å². The molecule has 2 aromatic carbocycles. The first-order valence-corrected chi connectivity index (χ1v) is 10.6. The third-order valence-corrected chi connectivity index (χ3v) is 5.00. The Morgan fingerprint density at radius 3 is 2.65 bits per heavy atom. The van der Waals surface area contributed by atoms with E-state index >= 15 is 0 Å². The molecule has 2 heterocycles. The maximum Gasteiger partial charge on any atom is 0.270 e. The van der Waals surface area contributed by atoms with Gasteiger partial charge in [0.1, 0.15) is 5.75 Å². The van der Waals surface area contributed by atoms with Gasteiger partial charge in [0.2, 0.25) is 17.8 Å². The molecule has 0 atom stereocenters. The van der Waals surface area contributed by atoms with Crippen LogP contribution >= 0.6 is 0 Å². The minimum Gasteiger partial charge on any atom is -0.496 e. The van der Waals surface area contributed by atoms with Gasteiger partial charge in [-0.3, -0.25) is 10.1 Å². The Hall–Kier alpha value is -4.32. The van der Waals surface area contributed by atoms with E-state index in [9.17, 15) is 10.1 Å². The second kappa shape index (κ2) is 11.0. The highest BCUT2D eigenvalue weighted by molar-refractivity contribution is 5.85. The number of benzene rings is 2. The van der Waals surface area contributed by atoms with E-state index < -0.39 is 4.92 Å². The number of methoxy groups -OCH3 is 1. The van der Waals surface area contributed by atoms with Crippen LogP contribution in [0.5, 0.6) is 5.75 Å². The number of ether oxygens (including phenoxy) is 2. The number of aromatic nitrogens is 3. The summed E-state index contributed by atoms with van der Waals surface area (Å²) in [6.45, 7) is 3.05. The van der Waals surface area contributed by atoms with Gasteiger partial charge in [0, 0.05) is 37.3 Å². The fourth-order valence-corrected chi connectivity index (χ4v) is 3.27. The van der Waals surface area contributed by atoms with Gasteiger partial charge in [-0.15, -0.1) is 0 Å². The molecular weight excluding hydrogens is 440 g/mol. The average Bonchev–Trinajstić information content (AvgIpc) is 2.88. The van der Waals surface area contributed by atoms with Crippen LogP contribution in [0.15, 0.2) is 53.6 Å². The minimum absolute atomic E-state index is 0.0654. The number of anilines is 3. The fraction of sp³-hybridized carbons (Fsp3) is 0.273. The highest BCUT2D eigenvalue weighted by Gasteiger charge is 2.17. The molecule has 0 aliphatic carbocycles. The van der Waals surface area contributed by atoms with Crippen molar-refractivity contribution in [1.29, 1.82) is 0 Å². The number of hydrogen-bond acceptors (Lipinski definition) is 11. The number of non-ortho nitro benzene ring substituents is 1. The Labute approximate surface area is 195 Å². The summed E-state index contributed by atoms with van der Waals surface area (Å²) >= 11 is 0. The zero-order chi connectivity index (χ0) is 23.8. The zero-order valence-corrected chi connectivity index (χ0v) is 18.5. The number of rotatable bonds is 9. The van der Waals surface area contributed by atoms with Crippen LogP contribution in [-0.4, -0.2) is 59.5 Å². The van der Waals surface area contributed by atoms with E-state index in [0.717, 1.165) is 5.56 Å². The first-order valence-electron chi connectivity index (χ1n) is 10.6. The predicted molar refractivity (Wildman–Crippen MR) is 127 cm³/mol. The molecule has 0 unspecified atom stereocenters. The molecule has 1 aliphatic heterocycles. The molecule has 0 amide bonds. The number of nitro benzene ring substituents is 1. The lowest BCUT2D eigenvalue weighted by Gasteiger charge is -2.27. The van der Waals surface area contributed by atoms with E-state index in [0.29, 0.717) is 56.1 Å². The first kappa shape index (κ1) is 22.9. The highest BCUT2D eigenvalue weighted by atomic mass is 16.6. The molecule has 3 aromatic rings. The zero-order valence-electron chi connectivity index (χ0n) is 18.5. The van der Waals surface area contributed by atoms with E-state index in [2.05, 4.69) is 30.8 Å². The van der Waals surface area contributed by atoms with Gasteiger partial charge in [-0.25, -0.2) is 5.43 Å². The number of hydrazone groups is 1. The molecule has 0 spiro atoms. The molecule has 34 heavy (non-hydrogen) atoms. The number of nitrogens with one attached hydrogen (secondary N) is 2. The topological polar surface area (TPSA) is 140 Å². The van der Waals surface area contributed by atoms with Crippen molar-refractivity contribution >= 4 is 29.7 Å². The Morgan fingerprint density at radius 2 is 1.91 bits per heavy atom. The highest BCUT2D eigenvalue weighted by Crippen LogP contribution is 2.22. The van der Waals surface area contributed by atoms with Crippen LogP contribution < -0.4 is 20.4 Å². The molecule has 0 radical (unpaired) electrons. The summed E-state index contributed by atoms with van der Waals surface area (Å²) in [5.74, 6) is 1.57. The molecule has 12 heteroatoms. The third-order valence-electron chi connectivity index (χ3n) is 5.00. The van der Waals surface area contributed by atoms with Crippen molar-refractivity contribution in [2.45, 2.75) is 6.54 Å². The van der Waals surface area contributed by atoms with E-state index in [1.54, 1.807) is 0 Å². The summed E-state index contributed by atoms with van der Waals surface area (Å²) in [4.78, 5) is 26.1. The lowest BCUT2D eigenvalue weighted by molar-refractivity contribution is -0.384. The van der Waals surface area contributed by atoms with Gasteiger partial charge in [-0.05, 0) is 11.6 Å². The molecule has 1 fully saturated rings. The predicted octanol–water partition coefficient (Wildman–Crippen LogP) is 2.68. The van der Waals surface area contributed by atoms with Crippen molar-refractivity contribution in [2.24, 2.45) is 5.10 Å². The summed E-state index contributed by atoms with van der Waals surface area (Å²) in [7, 11) is 1.48. The standard InChI is InChI=1S/C22H24N8O4/c1-33-19-8-7-18(30(31)32)13-17(19)15-24-28-21-25-20(23-14-16-5-3-2-4-6-16)26-22(27-21)29-9-11-34-12-10-29/h2-8,13,15H,9-12,14H2,1H3,(H2,23,25,26,27,28)/b24-15-. The second-order valence-electron chi connectivity index (χ2n) is 7.27. The van der Waals surface area contributed by atoms with E-state index in [-0.39, 0.29) is 11.6 Å². The fourth-order valence-electron chi connectivity index (χ4n) is 3.27. The SMILES string of the molecule is COc1ccc([N+](=O)[O-])cc1/C=N\Nc1nc(NCc2ccccc2)nc(N2CCOCC2)n1. The van der Waals surface area contributed by atoms with Crippen molar-refractivity contribution in [2.75, 3.05) is 49.1 Å². The van der Waals surface area contributed by atoms with Crippen molar-refractivity contribution in [3.8, 4) is 5.75 Å². The molecule has 1 aliphatic rings. The van der Waals surface area contributed by atoms with Crippen LogP contribution in [-0.2, 0) is 11.3 Å². The Morgan fingerprint density at radius 1 is 1.15 bits per heavy atom. The summed E-state index contributed by atoms with van der Waals surface area (Å²) < 4.78 is 10.7. The van der Waals surface area contributed by atoms with Crippen molar-refractivity contribution < 1.29 is 14.4 Å². The van der Waals surface area contributed by atoms with Crippen LogP contribution in [0, 0.1) is 10.1 Å². The van der Waals surface area contributed by atoms with Gasteiger partial charge >= 0.3 is 0 Å². The van der Waals surface area contributed by atoms with Gasteiger partial charge < -0.3 is 19.7 Å². The smallest absolute Gasteiger partial charge is 0.270 e. The maximum atomic E-state index is 11.1. The molecular formula is C22H24N8O4. The van der Waals surface area contributed by atoms with Gasteiger partial charge in [0.05, 0.1) is 31.5 Å². The van der Waals surface area contributed by atoms with Gasteiger partial charge in [-0.2, -0.15) is 20.1 Å². The summed E-state index contributed by atoms with van der Waals surface area (Å²) in [6.07, 6.45) is 1.42. The first-order chi connectivity index (χ1) is 16.6. The van der Waals surface area contributed by atoms with Crippen molar-refractivity contribution in [1.82, 2.24) is 15.0 Å². The van der Waals surface area contributed by atoms with Crippen LogP contribution in [0.3, 0.4) is 0 Å². The number of morpholine rings is 1. The lowest BCUT2D eigenvalue weighted by Crippen LogP contribution is -2.37. The van der Waals surface area contributed by atoms with Gasteiger partial charge in [0.15, 0.2) is 0 Å². The molecule has 2 N–H and O–H groups in total. The summed E-state index contributed by atoms with van der Waals surface area (Å²) in [5.41, 5.74) is 4.25. The second-order valence-corrected chi connectivity index (χ2v) is 7.27. The Balaban J connectivity index is 1.55. The van der Waals surface area contributed by atoms with Crippen molar-refractivity contribution in [3.63, 3.8) is 0 Å². The van der Waals surface area contributed by atoms with Crippen LogP contribution in [0.1, 0.15) is 11.1 Å². The molecule has 12 nitrogen and oxygen atoms in total. The number of nitro groups is 1. The third kappa shape index (κ3) is 5.92. The van der Waals surface area contributed by atoms with Gasteiger partial charge in [0.25, 0.3) is 5.69 Å². The Bertz CT molecular complexity index is 1150. The molecule has 1 saturated heterocycles. The Kier molecular flexibility index (Phi) is 7.40. The van der Waals surface area contributed by atoms with Gasteiger partial charge in [-0.1, -0.05) is 30.3 Å². The normalized spacial score (nSPS) is 13.6. The van der Waals surface area contributed by atoms with E-state index in [1.807, 2.05) is 35.2 Å². The van der Waals surface area contributed by atoms with Crippen LogP contribution in [0.4, 0.5) is 23.5 Å². The lowest BCUT2D eigenvalue weighted by atomic mass is 10.2. The molecule has 176 valence electrons. The average molecular weight is 464 g/mol. The molecule has 1 aromatic heterocycles. The molecule has 0 saturated carbocycles. The van der Waals surface area contributed by atoms with E-state index in [1.165, 1.54) is 31.5 Å². The van der Waals surface area contributed by atoms with Crippen LogP contribution in [0.25, 0.3) is 0 Å². The molecule has 0 bridgehead atoms. The quantitative estimate of drug-likeness (QED) is 0.276. The largest absolute Gasteiger partial charge is 0.496 e. The van der Waals surface area contributed by atoms with Crippen molar-refractivity contribution in [3.05, 3.63) is 69.8 Å². The molecule has 4 rings (SSSR count). The van der Waals surface area contributed by atoms with Crippen LogP contribution in [0.2, 0.25) is 0 Å².